The molecule has 4 heteroatoms. The van der Waals surface area contributed by atoms with Crippen LogP contribution in [0.2, 0.25) is 0 Å². The largest absolute Gasteiger partial charge is 0.372 e. The molecule has 1 aromatic rings. The first-order valence-electron chi connectivity index (χ1n) is 5.48. The molecule has 0 heterocycles. The molecule has 1 aliphatic rings. The second kappa shape index (κ2) is 5.25. The maximum absolute atomic E-state index is 13.2. The Balaban J connectivity index is 1.96. The lowest BCUT2D eigenvalue weighted by Crippen LogP contribution is -2.31. The molecule has 1 fully saturated rings. The summed E-state index contributed by atoms with van der Waals surface area (Å²) in [5, 5.41) is 0. The molecule has 0 spiro atoms. The first kappa shape index (κ1) is 12.0. The van der Waals surface area contributed by atoms with Crippen LogP contribution in [0.4, 0.5) is 4.39 Å². The maximum atomic E-state index is 13.2. The van der Waals surface area contributed by atoms with Gasteiger partial charge in [0.15, 0.2) is 0 Å². The van der Waals surface area contributed by atoms with Crippen molar-refractivity contribution < 1.29 is 9.13 Å². The third-order valence-corrected chi connectivity index (χ3v) is 3.88. The molecule has 0 saturated heterocycles. The zero-order chi connectivity index (χ0) is 11.5. The highest BCUT2D eigenvalue weighted by molar-refractivity contribution is 9.10. The third-order valence-electron chi connectivity index (χ3n) is 2.99. The minimum atomic E-state index is -0.253. The van der Waals surface area contributed by atoms with E-state index in [-0.39, 0.29) is 18.0 Å². The number of benzene rings is 1. The molecule has 0 aromatic heterocycles. The average Bonchev–Trinajstić information content (AvgIpc) is 2.67. The first-order valence-corrected chi connectivity index (χ1v) is 6.28. The fourth-order valence-electron chi connectivity index (χ4n) is 2.02. The van der Waals surface area contributed by atoms with Crippen molar-refractivity contribution in [3.63, 3.8) is 0 Å². The summed E-state index contributed by atoms with van der Waals surface area (Å²) in [4.78, 5) is 0. The van der Waals surface area contributed by atoms with Crippen LogP contribution in [-0.2, 0) is 11.3 Å². The molecular weight excluding hydrogens is 273 g/mol. The maximum Gasteiger partial charge on any atom is 0.137 e. The molecule has 0 amide bonds. The highest BCUT2D eigenvalue weighted by Gasteiger charge is 2.24. The SMILES string of the molecule is NC1CCCC1OCc1cccc(F)c1Br. The fourth-order valence-corrected chi connectivity index (χ4v) is 2.40. The van der Waals surface area contributed by atoms with Gasteiger partial charge in [0.05, 0.1) is 17.2 Å². The van der Waals surface area contributed by atoms with E-state index in [2.05, 4.69) is 15.9 Å². The Morgan fingerprint density at radius 1 is 1.44 bits per heavy atom. The fraction of sp³-hybridized carbons (Fsp3) is 0.500. The van der Waals surface area contributed by atoms with Crippen LogP contribution in [0.3, 0.4) is 0 Å². The highest BCUT2D eigenvalue weighted by Crippen LogP contribution is 2.25. The summed E-state index contributed by atoms with van der Waals surface area (Å²) < 4.78 is 19.4. The van der Waals surface area contributed by atoms with Crippen LogP contribution in [0.5, 0.6) is 0 Å². The Morgan fingerprint density at radius 3 is 2.94 bits per heavy atom. The minimum absolute atomic E-state index is 0.121. The summed E-state index contributed by atoms with van der Waals surface area (Å²) in [6.45, 7) is 0.413. The van der Waals surface area contributed by atoms with Gasteiger partial charge in [-0.05, 0) is 46.8 Å². The van der Waals surface area contributed by atoms with Crippen LogP contribution in [0, 0.1) is 5.82 Å². The molecule has 1 aliphatic carbocycles. The second-order valence-electron chi connectivity index (χ2n) is 4.16. The Kier molecular flexibility index (Phi) is 3.95. The Morgan fingerprint density at radius 2 is 2.25 bits per heavy atom. The Bertz CT molecular complexity index is 372. The summed E-state index contributed by atoms with van der Waals surface area (Å²) in [5.41, 5.74) is 6.73. The minimum Gasteiger partial charge on any atom is -0.372 e. The smallest absolute Gasteiger partial charge is 0.137 e. The lowest BCUT2D eigenvalue weighted by atomic mass is 10.2. The molecule has 0 radical (unpaired) electrons. The van der Waals surface area contributed by atoms with Gasteiger partial charge >= 0.3 is 0 Å². The molecule has 2 rings (SSSR count). The van der Waals surface area contributed by atoms with Gasteiger partial charge < -0.3 is 10.5 Å². The van der Waals surface area contributed by atoms with Crippen LogP contribution in [0.25, 0.3) is 0 Å². The zero-order valence-corrected chi connectivity index (χ0v) is 10.5. The van der Waals surface area contributed by atoms with E-state index < -0.39 is 0 Å². The molecule has 1 aromatic carbocycles. The number of hydrogen-bond donors (Lipinski definition) is 1. The summed E-state index contributed by atoms with van der Waals surface area (Å²) in [7, 11) is 0. The predicted octanol–water partition coefficient (Wildman–Crippen LogP) is 2.98. The van der Waals surface area contributed by atoms with Gasteiger partial charge in [-0.3, -0.25) is 0 Å². The van der Waals surface area contributed by atoms with E-state index in [1.54, 1.807) is 6.07 Å². The Labute approximate surface area is 103 Å². The number of hydrogen-bond acceptors (Lipinski definition) is 2. The number of nitrogens with two attached hydrogens (primary N) is 1. The van der Waals surface area contributed by atoms with E-state index in [4.69, 9.17) is 10.5 Å². The topological polar surface area (TPSA) is 35.2 Å². The van der Waals surface area contributed by atoms with Gasteiger partial charge in [0.1, 0.15) is 5.82 Å². The molecule has 16 heavy (non-hydrogen) atoms. The van der Waals surface area contributed by atoms with Crippen molar-refractivity contribution in [2.24, 2.45) is 5.73 Å². The summed E-state index contributed by atoms with van der Waals surface area (Å²) >= 11 is 3.22. The molecule has 2 N–H and O–H groups in total. The van der Waals surface area contributed by atoms with Crippen LogP contribution >= 0.6 is 15.9 Å². The van der Waals surface area contributed by atoms with E-state index in [1.165, 1.54) is 6.07 Å². The van der Waals surface area contributed by atoms with Crippen molar-refractivity contribution in [1.29, 1.82) is 0 Å². The van der Waals surface area contributed by atoms with Crippen molar-refractivity contribution in [2.75, 3.05) is 0 Å². The van der Waals surface area contributed by atoms with E-state index >= 15 is 0 Å². The van der Waals surface area contributed by atoms with Crippen molar-refractivity contribution >= 4 is 15.9 Å². The summed E-state index contributed by atoms with van der Waals surface area (Å²) in [5.74, 6) is -0.253. The van der Waals surface area contributed by atoms with Gasteiger partial charge in [-0.25, -0.2) is 4.39 Å². The number of ether oxygens (including phenoxy) is 1. The van der Waals surface area contributed by atoms with Crippen LogP contribution in [0.15, 0.2) is 22.7 Å². The standard InChI is InChI=1S/C12H15BrFNO/c13-12-8(3-1-4-9(12)14)7-16-11-6-2-5-10(11)15/h1,3-4,10-11H,2,5-7,15H2. The zero-order valence-electron chi connectivity index (χ0n) is 8.96. The van der Waals surface area contributed by atoms with Gasteiger partial charge in [-0.15, -0.1) is 0 Å². The van der Waals surface area contributed by atoms with Crippen molar-refractivity contribution in [2.45, 2.75) is 38.0 Å². The molecule has 1 saturated carbocycles. The predicted molar refractivity (Wildman–Crippen MR) is 64.5 cm³/mol. The Hall–Kier alpha value is -0.450. The molecule has 2 atom stereocenters. The number of rotatable bonds is 3. The van der Waals surface area contributed by atoms with Gasteiger partial charge in [0.25, 0.3) is 0 Å². The molecule has 0 aliphatic heterocycles. The van der Waals surface area contributed by atoms with Crippen molar-refractivity contribution in [3.05, 3.63) is 34.1 Å². The van der Waals surface area contributed by atoms with Gasteiger partial charge in [-0.1, -0.05) is 12.1 Å². The van der Waals surface area contributed by atoms with Crippen molar-refractivity contribution in [1.82, 2.24) is 0 Å². The average molecular weight is 288 g/mol. The van der Waals surface area contributed by atoms with Crippen LogP contribution < -0.4 is 5.73 Å². The lowest BCUT2D eigenvalue weighted by Gasteiger charge is -2.16. The quantitative estimate of drug-likeness (QED) is 0.928. The molecule has 88 valence electrons. The third kappa shape index (κ3) is 2.62. The van der Waals surface area contributed by atoms with Gasteiger partial charge in [0.2, 0.25) is 0 Å². The van der Waals surface area contributed by atoms with Crippen molar-refractivity contribution in [3.8, 4) is 0 Å². The monoisotopic (exact) mass is 287 g/mol. The molecule has 2 unspecified atom stereocenters. The second-order valence-corrected chi connectivity index (χ2v) is 4.95. The summed E-state index contributed by atoms with van der Waals surface area (Å²) in [6, 6.07) is 5.10. The number of halogens is 2. The van der Waals surface area contributed by atoms with Crippen LogP contribution in [-0.4, -0.2) is 12.1 Å². The van der Waals surface area contributed by atoms with E-state index in [0.717, 1.165) is 24.8 Å². The molecular formula is C12H15BrFNO. The van der Waals surface area contributed by atoms with E-state index in [1.807, 2.05) is 6.07 Å². The molecule has 0 bridgehead atoms. The summed E-state index contributed by atoms with van der Waals surface area (Å²) in [6.07, 6.45) is 3.27. The molecule has 2 nitrogen and oxygen atoms in total. The lowest BCUT2D eigenvalue weighted by molar-refractivity contribution is 0.0353. The van der Waals surface area contributed by atoms with Gasteiger partial charge in [-0.2, -0.15) is 0 Å². The van der Waals surface area contributed by atoms with Gasteiger partial charge in [0, 0.05) is 6.04 Å². The van der Waals surface area contributed by atoms with Crippen LogP contribution in [0.1, 0.15) is 24.8 Å². The van der Waals surface area contributed by atoms with E-state index in [9.17, 15) is 4.39 Å². The van der Waals surface area contributed by atoms with E-state index in [0.29, 0.717) is 11.1 Å². The highest BCUT2D eigenvalue weighted by atomic mass is 79.9. The first-order chi connectivity index (χ1) is 7.68. The normalized spacial score (nSPS) is 24.9.